The van der Waals surface area contributed by atoms with Gasteiger partial charge in [-0.05, 0) is 19.3 Å². The van der Waals surface area contributed by atoms with Crippen molar-refractivity contribution in [3.05, 3.63) is 0 Å². The molecule has 0 aromatic rings. The van der Waals surface area contributed by atoms with E-state index in [1.54, 1.807) is 0 Å². The van der Waals surface area contributed by atoms with Crippen molar-refractivity contribution in [2.45, 2.75) is 37.5 Å². The highest BCUT2D eigenvalue weighted by Gasteiger charge is 2.42. The van der Waals surface area contributed by atoms with Crippen LogP contribution in [0.1, 0.15) is 19.3 Å². The number of carbonyl (C=O) groups is 2. The molecule has 0 aromatic carbocycles. The van der Waals surface area contributed by atoms with Gasteiger partial charge in [-0.15, -0.1) is 0 Å². The van der Waals surface area contributed by atoms with Crippen LogP contribution in [0.3, 0.4) is 0 Å². The van der Waals surface area contributed by atoms with E-state index in [1.165, 1.54) is 7.11 Å². The Morgan fingerprint density at radius 2 is 2.29 bits per heavy atom. The minimum absolute atomic E-state index is 0.0138. The van der Waals surface area contributed by atoms with E-state index in [0.717, 1.165) is 19.3 Å². The molecule has 2 fully saturated rings. The summed E-state index contributed by atoms with van der Waals surface area (Å²) >= 11 is 0. The lowest BCUT2D eigenvalue weighted by molar-refractivity contribution is -0.148. The number of nitrogens with one attached hydrogen (secondary N) is 2. The predicted molar refractivity (Wildman–Crippen MR) is 59.5 cm³/mol. The quantitative estimate of drug-likeness (QED) is 0.596. The van der Waals surface area contributed by atoms with Gasteiger partial charge in [0.05, 0.1) is 12.5 Å². The topological polar surface area (TPSA) is 87.7 Å². The zero-order chi connectivity index (χ0) is 12.4. The summed E-state index contributed by atoms with van der Waals surface area (Å²) < 4.78 is 4.76. The van der Waals surface area contributed by atoms with Crippen LogP contribution in [0.5, 0.6) is 0 Å². The molecule has 96 valence electrons. The molecule has 2 aliphatic rings. The molecule has 0 saturated carbocycles. The van der Waals surface area contributed by atoms with Gasteiger partial charge >= 0.3 is 5.97 Å². The van der Waals surface area contributed by atoms with Crippen molar-refractivity contribution in [3.63, 3.8) is 0 Å². The van der Waals surface area contributed by atoms with Gasteiger partial charge in [-0.1, -0.05) is 0 Å². The van der Waals surface area contributed by atoms with Crippen LogP contribution in [0.15, 0.2) is 0 Å². The van der Waals surface area contributed by atoms with Gasteiger partial charge in [0.1, 0.15) is 0 Å². The number of fused-ring (bicyclic) bond motifs is 2. The first-order valence-electron chi connectivity index (χ1n) is 5.91. The Balaban J connectivity index is 1.79. The van der Waals surface area contributed by atoms with Crippen molar-refractivity contribution in [1.29, 1.82) is 0 Å². The fraction of sp³-hybridized carbons (Fsp3) is 0.818. The van der Waals surface area contributed by atoms with E-state index >= 15 is 0 Å². The summed E-state index contributed by atoms with van der Waals surface area (Å²) in [4.78, 5) is 22.6. The molecule has 0 aromatic heterocycles. The first-order chi connectivity index (χ1) is 8.11. The van der Waals surface area contributed by atoms with Gasteiger partial charge in [0.2, 0.25) is 5.91 Å². The monoisotopic (exact) mass is 242 g/mol. The number of amides is 1. The fourth-order valence-corrected chi connectivity index (χ4v) is 2.71. The molecule has 2 rings (SSSR count). The summed E-state index contributed by atoms with van der Waals surface area (Å²) in [6.45, 7) is 0.0263. The molecular weight excluding hydrogens is 224 g/mol. The second kappa shape index (κ2) is 5.01. The molecule has 1 amide bonds. The summed E-state index contributed by atoms with van der Waals surface area (Å²) in [5.74, 6) is -1.13. The van der Waals surface area contributed by atoms with Crippen molar-refractivity contribution < 1.29 is 19.4 Å². The number of aliphatic carboxylic acids is 1. The van der Waals surface area contributed by atoms with Crippen molar-refractivity contribution in [3.8, 4) is 0 Å². The third-order valence-electron chi connectivity index (χ3n) is 3.66. The summed E-state index contributed by atoms with van der Waals surface area (Å²) in [6.07, 6.45) is 2.08. The van der Waals surface area contributed by atoms with Gasteiger partial charge in [-0.2, -0.15) is 0 Å². The normalized spacial score (nSPS) is 32.4. The number of rotatable bonds is 5. The minimum atomic E-state index is -1.06. The lowest BCUT2D eigenvalue weighted by Crippen LogP contribution is -2.43. The third-order valence-corrected chi connectivity index (χ3v) is 3.66. The number of hydrogen-bond donors (Lipinski definition) is 3. The highest BCUT2D eigenvalue weighted by molar-refractivity contribution is 5.81. The maximum Gasteiger partial charge on any atom is 0.334 e. The largest absolute Gasteiger partial charge is 0.479 e. The van der Waals surface area contributed by atoms with E-state index in [-0.39, 0.29) is 24.4 Å². The van der Waals surface area contributed by atoms with Crippen LogP contribution in [-0.4, -0.2) is 48.8 Å². The minimum Gasteiger partial charge on any atom is -0.479 e. The summed E-state index contributed by atoms with van der Waals surface area (Å²) in [5, 5.41) is 14.8. The van der Waals surface area contributed by atoms with Crippen LogP contribution in [0.25, 0.3) is 0 Å². The lowest BCUT2D eigenvalue weighted by atomic mass is 9.88. The van der Waals surface area contributed by atoms with Gasteiger partial charge in [-0.3, -0.25) is 4.79 Å². The maximum atomic E-state index is 11.9. The standard InChI is InChI=1S/C11H18N2O4/c1-17-9(11(15)16)5-12-10(14)7-4-6-2-3-8(7)13-6/h6-9,13H,2-5H2,1H3,(H,12,14)(H,15,16). The lowest BCUT2D eigenvalue weighted by Gasteiger charge is -2.20. The molecule has 2 heterocycles. The number of methoxy groups -OCH3 is 1. The van der Waals surface area contributed by atoms with E-state index in [2.05, 4.69) is 10.6 Å². The Labute approximate surface area is 99.7 Å². The molecule has 6 heteroatoms. The Morgan fingerprint density at radius 1 is 1.53 bits per heavy atom. The zero-order valence-corrected chi connectivity index (χ0v) is 9.81. The fourth-order valence-electron chi connectivity index (χ4n) is 2.71. The molecule has 2 bridgehead atoms. The Bertz CT molecular complexity index is 321. The molecule has 3 N–H and O–H groups in total. The number of hydrogen-bond acceptors (Lipinski definition) is 4. The van der Waals surface area contributed by atoms with Crippen LogP contribution in [0.4, 0.5) is 0 Å². The van der Waals surface area contributed by atoms with Crippen LogP contribution < -0.4 is 10.6 Å². The molecular formula is C11H18N2O4. The number of ether oxygens (including phenoxy) is 1. The molecule has 6 nitrogen and oxygen atoms in total. The summed E-state index contributed by atoms with van der Waals surface area (Å²) in [5.41, 5.74) is 0. The van der Waals surface area contributed by atoms with Gasteiger partial charge in [0.25, 0.3) is 0 Å². The van der Waals surface area contributed by atoms with Gasteiger partial charge in [0, 0.05) is 19.2 Å². The van der Waals surface area contributed by atoms with Gasteiger partial charge in [-0.25, -0.2) is 4.79 Å². The van der Waals surface area contributed by atoms with E-state index in [4.69, 9.17) is 9.84 Å². The maximum absolute atomic E-state index is 11.9. The van der Waals surface area contributed by atoms with Crippen molar-refractivity contribution >= 4 is 11.9 Å². The van der Waals surface area contributed by atoms with Gasteiger partial charge in [0.15, 0.2) is 6.10 Å². The molecule has 2 aliphatic heterocycles. The Morgan fingerprint density at radius 3 is 2.76 bits per heavy atom. The zero-order valence-electron chi connectivity index (χ0n) is 9.81. The van der Waals surface area contributed by atoms with E-state index in [9.17, 15) is 9.59 Å². The number of carboxylic acid groups (broad SMARTS) is 1. The summed E-state index contributed by atoms with van der Waals surface area (Å²) in [7, 11) is 1.32. The molecule has 0 aliphatic carbocycles. The highest BCUT2D eigenvalue weighted by atomic mass is 16.5. The Hall–Kier alpha value is -1.14. The van der Waals surface area contributed by atoms with Crippen molar-refractivity contribution in [2.75, 3.05) is 13.7 Å². The van der Waals surface area contributed by atoms with Crippen LogP contribution in [0.2, 0.25) is 0 Å². The molecule has 17 heavy (non-hydrogen) atoms. The smallest absolute Gasteiger partial charge is 0.334 e. The number of carbonyl (C=O) groups excluding carboxylic acids is 1. The molecule has 0 spiro atoms. The predicted octanol–water partition coefficient (Wildman–Crippen LogP) is -0.657. The average molecular weight is 242 g/mol. The van der Waals surface area contributed by atoms with Crippen LogP contribution in [-0.2, 0) is 14.3 Å². The van der Waals surface area contributed by atoms with Crippen LogP contribution >= 0.6 is 0 Å². The van der Waals surface area contributed by atoms with E-state index in [0.29, 0.717) is 6.04 Å². The second-order valence-electron chi connectivity index (χ2n) is 4.70. The van der Waals surface area contributed by atoms with Crippen molar-refractivity contribution in [1.82, 2.24) is 10.6 Å². The van der Waals surface area contributed by atoms with Crippen LogP contribution in [0, 0.1) is 5.92 Å². The first-order valence-corrected chi connectivity index (χ1v) is 5.91. The van der Waals surface area contributed by atoms with E-state index in [1.807, 2.05) is 0 Å². The molecule has 0 radical (unpaired) electrons. The van der Waals surface area contributed by atoms with Crippen molar-refractivity contribution in [2.24, 2.45) is 5.92 Å². The highest BCUT2D eigenvalue weighted by Crippen LogP contribution is 2.33. The molecule has 4 unspecified atom stereocenters. The molecule has 2 saturated heterocycles. The van der Waals surface area contributed by atoms with E-state index < -0.39 is 12.1 Å². The first kappa shape index (κ1) is 12.3. The summed E-state index contributed by atoms with van der Waals surface area (Å²) in [6, 6.07) is 0.735. The number of carboxylic acids is 1. The average Bonchev–Trinajstić information content (AvgIpc) is 2.90. The van der Waals surface area contributed by atoms with Gasteiger partial charge < -0.3 is 20.5 Å². The molecule has 4 atom stereocenters. The SMILES string of the molecule is COC(CNC(=O)C1CC2CCC1N2)C(=O)O. The third kappa shape index (κ3) is 2.58. The Kier molecular flexibility index (Phi) is 3.63. The second-order valence-corrected chi connectivity index (χ2v) is 4.70.